The standard InChI is InChI=1S/C21H22N2O5/c1-4-26-18-11-7-17(8-12-18)23-20(24)14(2)28-21(25)15(3)27-19-9-5-16(13-22)6-10-19/h5-12,14-15H,4H2,1-3H3,(H,23,24)/t14-,15+/m0/s1. The Morgan fingerprint density at radius 3 is 2.18 bits per heavy atom. The van der Waals surface area contributed by atoms with Gasteiger partial charge in [0.05, 0.1) is 18.2 Å². The number of carbonyl (C=O) groups is 2. The number of nitrogens with one attached hydrogen (secondary N) is 1. The molecular weight excluding hydrogens is 360 g/mol. The molecule has 0 heterocycles. The number of nitriles is 1. The van der Waals surface area contributed by atoms with Gasteiger partial charge in [-0.25, -0.2) is 4.79 Å². The van der Waals surface area contributed by atoms with E-state index in [4.69, 9.17) is 19.5 Å². The molecule has 2 rings (SSSR count). The van der Waals surface area contributed by atoms with E-state index in [0.29, 0.717) is 29.4 Å². The molecule has 2 aromatic carbocycles. The number of rotatable bonds is 8. The molecule has 0 unspecified atom stereocenters. The van der Waals surface area contributed by atoms with Gasteiger partial charge in [-0.1, -0.05) is 0 Å². The molecular formula is C21H22N2O5. The first-order valence-electron chi connectivity index (χ1n) is 8.84. The van der Waals surface area contributed by atoms with Gasteiger partial charge in [-0.2, -0.15) is 5.26 Å². The van der Waals surface area contributed by atoms with Crippen molar-refractivity contribution in [3.8, 4) is 17.6 Å². The smallest absolute Gasteiger partial charge is 0.347 e. The maximum atomic E-state index is 12.2. The Morgan fingerprint density at radius 1 is 1.00 bits per heavy atom. The average Bonchev–Trinajstić information content (AvgIpc) is 2.70. The summed E-state index contributed by atoms with van der Waals surface area (Å²) in [6, 6.07) is 15.2. The highest BCUT2D eigenvalue weighted by Gasteiger charge is 2.23. The van der Waals surface area contributed by atoms with E-state index in [-0.39, 0.29) is 0 Å². The number of anilines is 1. The number of benzene rings is 2. The van der Waals surface area contributed by atoms with Crippen molar-refractivity contribution in [2.75, 3.05) is 11.9 Å². The molecule has 1 amide bonds. The number of hydrogen-bond acceptors (Lipinski definition) is 6. The topological polar surface area (TPSA) is 97.7 Å². The monoisotopic (exact) mass is 382 g/mol. The minimum Gasteiger partial charge on any atom is -0.494 e. The predicted octanol–water partition coefficient (Wildman–Crippen LogP) is 3.29. The SMILES string of the molecule is CCOc1ccc(NC(=O)[C@H](C)OC(=O)[C@@H](C)Oc2ccc(C#N)cc2)cc1. The van der Waals surface area contributed by atoms with E-state index < -0.39 is 24.1 Å². The Hall–Kier alpha value is -3.53. The molecule has 146 valence electrons. The highest BCUT2D eigenvalue weighted by atomic mass is 16.6. The Bertz CT molecular complexity index is 841. The summed E-state index contributed by atoms with van der Waals surface area (Å²) in [7, 11) is 0. The fraction of sp³-hybridized carbons (Fsp3) is 0.286. The van der Waals surface area contributed by atoms with Crippen molar-refractivity contribution < 1.29 is 23.8 Å². The van der Waals surface area contributed by atoms with Crippen molar-refractivity contribution in [2.24, 2.45) is 0 Å². The molecule has 7 heteroatoms. The van der Waals surface area contributed by atoms with Gasteiger partial charge in [0, 0.05) is 5.69 Å². The summed E-state index contributed by atoms with van der Waals surface area (Å²) in [5, 5.41) is 11.5. The Kier molecular flexibility index (Phi) is 7.40. The van der Waals surface area contributed by atoms with Crippen LogP contribution in [0.1, 0.15) is 26.3 Å². The molecule has 0 aliphatic carbocycles. The summed E-state index contributed by atoms with van der Waals surface area (Å²) >= 11 is 0. The number of carbonyl (C=O) groups excluding carboxylic acids is 2. The van der Waals surface area contributed by atoms with Crippen LogP contribution in [0.5, 0.6) is 11.5 Å². The van der Waals surface area contributed by atoms with Crippen LogP contribution in [0.15, 0.2) is 48.5 Å². The summed E-state index contributed by atoms with van der Waals surface area (Å²) in [6.07, 6.45) is -1.90. The van der Waals surface area contributed by atoms with E-state index >= 15 is 0 Å². The van der Waals surface area contributed by atoms with Gasteiger partial charge in [0.2, 0.25) is 0 Å². The van der Waals surface area contributed by atoms with Crippen LogP contribution in [0.2, 0.25) is 0 Å². The van der Waals surface area contributed by atoms with Crippen LogP contribution < -0.4 is 14.8 Å². The normalized spacial score (nSPS) is 12.2. The minimum absolute atomic E-state index is 0.426. The first kappa shape index (κ1) is 20.8. The number of amides is 1. The fourth-order valence-corrected chi connectivity index (χ4v) is 2.23. The molecule has 0 aliphatic heterocycles. The predicted molar refractivity (Wildman–Crippen MR) is 103 cm³/mol. The molecule has 0 saturated heterocycles. The van der Waals surface area contributed by atoms with Crippen molar-refractivity contribution in [1.82, 2.24) is 0 Å². The molecule has 0 fully saturated rings. The fourth-order valence-electron chi connectivity index (χ4n) is 2.23. The summed E-state index contributed by atoms with van der Waals surface area (Å²) in [6.45, 7) is 5.45. The van der Waals surface area contributed by atoms with Crippen molar-refractivity contribution in [3.05, 3.63) is 54.1 Å². The van der Waals surface area contributed by atoms with E-state index in [1.807, 2.05) is 13.0 Å². The number of esters is 1. The third-order valence-electron chi connectivity index (χ3n) is 3.72. The van der Waals surface area contributed by atoms with Crippen LogP contribution >= 0.6 is 0 Å². The number of nitrogens with zero attached hydrogens (tertiary/aromatic N) is 1. The lowest BCUT2D eigenvalue weighted by Gasteiger charge is -2.18. The molecule has 0 saturated carbocycles. The third kappa shape index (κ3) is 6.02. The lowest BCUT2D eigenvalue weighted by atomic mass is 10.2. The molecule has 0 aliphatic rings. The number of hydrogen-bond donors (Lipinski definition) is 1. The first-order chi connectivity index (χ1) is 13.4. The molecule has 2 aromatic rings. The second-order valence-corrected chi connectivity index (χ2v) is 5.92. The summed E-state index contributed by atoms with van der Waals surface area (Å²) < 4.78 is 16.0. The Morgan fingerprint density at radius 2 is 1.61 bits per heavy atom. The molecule has 7 nitrogen and oxygen atoms in total. The van der Waals surface area contributed by atoms with E-state index in [0.717, 1.165) is 0 Å². The maximum Gasteiger partial charge on any atom is 0.347 e. The lowest BCUT2D eigenvalue weighted by Crippen LogP contribution is -2.35. The molecule has 2 atom stereocenters. The van der Waals surface area contributed by atoms with Crippen LogP contribution in [0.4, 0.5) is 5.69 Å². The minimum atomic E-state index is -0.994. The maximum absolute atomic E-state index is 12.2. The molecule has 0 radical (unpaired) electrons. The second kappa shape index (κ2) is 9.97. The van der Waals surface area contributed by atoms with Gasteiger partial charge in [0.25, 0.3) is 5.91 Å². The highest BCUT2D eigenvalue weighted by molar-refractivity contribution is 5.95. The van der Waals surface area contributed by atoms with E-state index in [9.17, 15) is 9.59 Å². The first-order valence-corrected chi connectivity index (χ1v) is 8.84. The van der Waals surface area contributed by atoms with E-state index in [1.54, 1.807) is 48.5 Å². The van der Waals surface area contributed by atoms with E-state index in [2.05, 4.69) is 5.32 Å². The van der Waals surface area contributed by atoms with Crippen LogP contribution in [0.3, 0.4) is 0 Å². The third-order valence-corrected chi connectivity index (χ3v) is 3.72. The Labute approximate surface area is 163 Å². The van der Waals surface area contributed by atoms with Gasteiger partial charge in [-0.15, -0.1) is 0 Å². The van der Waals surface area contributed by atoms with Gasteiger partial charge in [0.15, 0.2) is 12.2 Å². The average molecular weight is 382 g/mol. The quantitative estimate of drug-likeness (QED) is 0.704. The molecule has 0 bridgehead atoms. The number of ether oxygens (including phenoxy) is 3. The van der Waals surface area contributed by atoms with Gasteiger partial charge in [-0.3, -0.25) is 4.79 Å². The van der Waals surface area contributed by atoms with Crippen LogP contribution in [0.25, 0.3) is 0 Å². The lowest BCUT2D eigenvalue weighted by molar-refractivity contribution is -0.159. The van der Waals surface area contributed by atoms with Crippen molar-refractivity contribution >= 4 is 17.6 Å². The van der Waals surface area contributed by atoms with Crippen LogP contribution in [-0.2, 0) is 14.3 Å². The van der Waals surface area contributed by atoms with Gasteiger partial charge < -0.3 is 19.5 Å². The van der Waals surface area contributed by atoms with Gasteiger partial charge >= 0.3 is 5.97 Å². The zero-order valence-electron chi connectivity index (χ0n) is 16.0. The second-order valence-electron chi connectivity index (χ2n) is 5.92. The summed E-state index contributed by atoms with van der Waals surface area (Å²) in [4.78, 5) is 24.4. The zero-order valence-corrected chi connectivity index (χ0v) is 16.0. The van der Waals surface area contributed by atoms with Crippen LogP contribution in [0, 0.1) is 11.3 Å². The van der Waals surface area contributed by atoms with E-state index in [1.165, 1.54) is 13.8 Å². The molecule has 1 N–H and O–H groups in total. The van der Waals surface area contributed by atoms with Crippen molar-refractivity contribution in [2.45, 2.75) is 33.0 Å². The molecule has 0 spiro atoms. The largest absolute Gasteiger partial charge is 0.494 e. The summed E-state index contributed by atoms with van der Waals surface area (Å²) in [5.74, 6) is 0.00507. The zero-order chi connectivity index (χ0) is 20.5. The summed E-state index contributed by atoms with van der Waals surface area (Å²) in [5.41, 5.74) is 1.06. The van der Waals surface area contributed by atoms with Gasteiger partial charge in [0.1, 0.15) is 11.5 Å². The van der Waals surface area contributed by atoms with Crippen molar-refractivity contribution in [1.29, 1.82) is 5.26 Å². The van der Waals surface area contributed by atoms with Crippen molar-refractivity contribution in [3.63, 3.8) is 0 Å². The Balaban J connectivity index is 1.85. The molecule has 28 heavy (non-hydrogen) atoms. The van der Waals surface area contributed by atoms with Crippen LogP contribution in [-0.4, -0.2) is 30.7 Å². The molecule has 0 aromatic heterocycles. The highest BCUT2D eigenvalue weighted by Crippen LogP contribution is 2.17. The van der Waals surface area contributed by atoms with Gasteiger partial charge in [-0.05, 0) is 69.3 Å².